The Morgan fingerprint density at radius 3 is 2.87 bits per heavy atom. The van der Waals surface area contributed by atoms with Gasteiger partial charge in [-0.05, 0) is 49.6 Å². The molecule has 0 aliphatic carbocycles. The van der Waals surface area contributed by atoms with Crippen LogP contribution in [0.3, 0.4) is 0 Å². The third-order valence-corrected chi connectivity index (χ3v) is 4.12. The van der Waals surface area contributed by atoms with Crippen LogP contribution >= 0.6 is 0 Å². The normalized spacial score (nSPS) is 15.2. The van der Waals surface area contributed by atoms with Gasteiger partial charge in [0, 0.05) is 25.7 Å². The molecule has 1 aliphatic heterocycles. The van der Waals surface area contributed by atoms with Crippen molar-refractivity contribution in [2.24, 2.45) is 7.05 Å². The van der Waals surface area contributed by atoms with Gasteiger partial charge in [0.25, 0.3) is 0 Å². The summed E-state index contributed by atoms with van der Waals surface area (Å²) in [6.07, 6.45) is 7.10. The van der Waals surface area contributed by atoms with Crippen LogP contribution in [0.4, 0.5) is 0 Å². The Labute approximate surface area is 137 Å². The standard InChI is InChI=1S/C18H25N3O2/c1-14(19-8-3-5-15-12-20-21(2)13-15)16-6-7-17-18(11-16)23-10-4-9-22-17/h6-7,11-14,19H,3-5,8-10H2,1-2H3. The lowest BCUT2D eigenvalue weighted by Crippen LogP contribution is -2.20. The van der Waals surface area contributed by atoms with Gasteiger partial charge in [0.1, 0.15) is 0 Å². The molecule has 5 heteroatoms. The first kappa shape index (κ1) is 15.9. The van der Waals surface area contributed by atoms with Crippen molar-refractivity contribution in [3.8, 4) is 11.5 Å². The van der Waals surface area contributed by atoms with Gasteiger partial charge in [-0.2, -0.15) is 5.10 Å². The highest BCUT2D eigenvalue weighted by atomic mass is 16.5. The summed E-state index contributed by atoms with van der Waals surface area (Å²) in [7, 11) is 1.95. The number of aromatic nitrogens is 2. The molecule has 0 fully saturated rings. The number of hydrogen-bond donors (Lipinski definition) is 1. The quantitative estimate of drug-likeness (QED) is 0.833. The summed E-state index contributed by atoms with van der Waals surface area (Å²) >= 11 is 0. The first-order chi connectivity index (χ1) is 11.2. The van der Waals surface area contributed by atoms with Gasteiger partial charge in [0.2, 0.25) is 0 Å². The fraction of sp³-hybridized carbons (Fsp3) is 0.500. The summed E-state index contributed by atoms with van der Waals surface area (Å²) in [4.78, 5) is 0. The second-order valence-electron chi connectivity index (χ2n) is 6.06. The molecule has 1 aromatic carbocycles. The van der Waals surface area contributed by atoms with E-state index in [0.717, 1.165) is 50.5 Å². The first-order valence-electron chi connectivity index (χ1n) is 8.33. The van der Waals surface area contributed by atoms with E-state index < -0.39 is 0 Å². The third kappa shape index (κ3) is 4.26. The highest BCUT2D eigenvalue weighted by molar-refractivity contribution is 5.44. The Balaban J connectivity index is 1.50. The number of nitrogens with zero attached hydrogens (tertiary/aromatic N) is 2. The van der Waals surface area contributed by atoms with Crippen LogP contribution < -0.4 is 14.8 Å². The summed E-state index contributed by atoms with van der Waals surface area (Å²) in [5, 5.41) is 7.77. The van der Waals surface area contributed by atoms with Crippen LogP contribution in [0, 0.1) is 0 Å². The molecule has 1 N–H and O–H groups in total. The van der Waals surface area contributed by atoms with Crippen LogP contribution in [0.1, 0.15) is 36.9 Å². The zero-order valence-corrected chi connectivity index (χ0v) is 13.9. The van der Waals surface area contributed by atoms with Crippen molar-refractivity contribution < 1.29 is 9.47 Å². The minimum atomic E-state index is 0.293. The molecule has 0 saturated carbocycles. The minimum Gasteiger partial charge on any atom is -0.490 e. The maximum absolute atomic E-state index is 5.76. The Morgan fingerprint density at radius 2 is 2.09 bits per heavy atom. The maximum Gasteiger partial charge on any atom is 0.161 e. The Kier molecular flexibility index (Phi) is 5.18. The molecular weight excluding hydrogens is 290 g/mol. The fourth-order valence-electron chi connectivity index (χ4n) is 2.78. The number of fused-ring (bicyclic) bond motifs is 1. The van der Waals surface area contributed by atoms with E-state index in [2.05, 4.69) is 35.7 Å². The lowest BCUT2D eigenvalue weighted by Gasteiger charge is -2.16. The summed E-state index contributed by atoms with van der Waals surface area (Å²) in [6, 6.07) is 6.52. The molecule has 0 radical (unpaired) electrons. The summed E-state index contributed by atoms with van der Waals surface area (Å²) in [5.74, 6) is 1.72. The molecule has 3 rings (SSSR count). The second-order valence-corrected chi connectivity index (χ2v) is 6.06. The molecule has 0 spiro atoms. The average molecular weight is 315 g/mol. The number of aryl methyl sites for hydroxylation is 2. The van der Waals surface area contributed by atoms with Crippen LogP contribution in [0.25, 0.3) is 0 Å². The topological polar surface area (TPSA) is 48.3 Å². The minimum absolute atomic E-state index is 0.293. The van der Waals surface area contributed by atoms with Crippen molar-refractivity contribution in [2.45, 2.75) is 32.2 Å². The SMILES string of the molecule is CC(NCCCc1cnn(C)c1)c1ccc2c(c1)OCCCO2. The molecule has 23 heavy (non-hydrogen) atoms. The number of benzene rings is 1. The molecule has 0 amide bonds. The van der Waals surface area contributed by atoms with Gasteiger partial charge >= 0.3 is 0 Å². The van der Waals surface area contributed by atoms with E-state index in [0.29, 0.717) is 6.04 Å². The number of hydrogen-bond acceptors (Lipinski definition) is 4. The van der Waals surface area contributed by atoms with Crippen molar-refractivity contribution in [1.29, 1.82) is 0 Å². The molecular formula is C18H25N3O2. The Hall–Kier alpha value is -2.01. The fourth-order valence-corrected chi connectivity index (χ4v) is 2.78. The molecule has 2 heterocycles. The predicted octanol–water partition coefficient (Wildman–Crippen LogP) is 2.86. The Bertz CT molecular complexity index is 639. The van der Waals surface area contributed by atoms with E-state index in [1.165, 1.54) is 11.1 Å². The van der Waals surface area contributed by atoms with E-state index in [1.54, 1.807) is 0 Å². The third-order valence-electron chi connectivity index (χ3n) is 4.12. The van der Waals surface area contributed by atoms with Gasteiger partial charge < -0.3 is 14.8 Å². The zero-order chi connectivity index (χ0) is 16.1. The van der Waals surface area contributed by atoms with Crippen molar-refractivity contribution in [3.63, 3.8) is 0 Å². The highest BCUT2D eigenvalue weighted by Crippen LogP contribution is 2.32. The molecule has 1 aromatic heterocycles. The Morgan fingerprint density at radius 1 is 1.26 bits per heavy atom. The highest BCUT2D eigenvalue weighted by Gasteiger charge is 2.13. The number of ether oxygens (including phenoxy) is 2. The largest absolute Gasteiger partial charge is 0.490 e. The van der Waals surface area contributed by atoms with Crippen molar-refractivity contribution >= 4 is 0 Å². The average Bonchev–Trinajstić information content (AvgIpc) is 2.83. The summed E-state index contributed by atoms with van der Waals surface area (Å²) in [6.45, 7) is 4.62. The van der Waals surface area contributed by atoms with Crippen LogP contribution in [-0.2, 0) is 13.5 Å². The van der Waals surface area contributed by atoms with Crippen LogP contribution in [0.15, 0.2) is 30.6 Å². The lowest BCUT2D eigenvalue weighted by atomic mass is 10.1. The monoisotopic (exact) mass is 315 g/mol. The molecule has 0 bridgehead atoms. The molecule has 5 nitrogen and oxygen atoms in total. The van der Waals surface area contributed by atoms with E-state index >= 15 is 0 Å². The second kappa shape index (κ2) is 7.51. The summed E-state index contributed by atoms with van der Waals surface area (Å²) in [5.41, 5.74) is 2.52. The molecule has 0 saturated heterocycles. The summed E-state index contributed by atoms with van der Waals surface area (Å²) < 4.78 is 13.3. The smallest absolute Gasteiger partial charge is 0.161 e. The predicted molar refractivity (Wildman–Crippen MR) is 90.0 cm³/mol. The lowest BCUT2D eigenvalue weighted by molar-refractivity contribution is 0.297. The van der Waals surface area contributed by atoms with Crippen LogP contribution in [-0.4, -0.2) is 29.5 Å². The van der Waals surface area contributed by atoms with E-state index in [-0.39, 0.29) is 0 Å². The molecule has 1 unspecified atom stereocenters. The molecule has 124 valence electrons. The van der Waals surface area contributed by atoms with Gasteiger partial charge in [0.05, 0.1) is 19.4 Å². The van der Waals surface area contributed by atoms with Crippen molar-refractivity contribution in [1.82, 2.24) is 15.1 Å². The maximum atomic E-state index is 5.76. The van der Waals surface area contributed by atoms with Crippen LogP contribution in [0.2, 0.25) is 0 Å². The van der Waals surface area contributed by atoms with Crippen molar-refractivity contribution in [3.05, 3.63) is 41.7 Å². The molecule has 1 aliphatic rings. The van der Waals surface area contributed by atoms with Gasteiger partial charge in [-0.1, -0.05) is 6.07 Å². The molecule has 2 aromatic rings. The van der Waals surface area contributed by atoms with Gasteiger partial charge in [-0.25, -0.2) is 0 Å². The number of rotatable bonds is 6. The first-order valence-corrected chi connectivity index (χ1v) is 8.33. The van der Waals surface area contributed by atoms with E-state index in [4.69, 9.17) is 9.47 Å². The van der Waals surface area contributed by atoms with E-state index in [9.17, 15) is 0 Å². The van der Waals surface area contributed by atoms with Gasteiger partial charge in [-0.15, -0.1) is 0 Å². The molecule has 1 atom stereocenters. The van der Waals surface area contributed by atoms with Crippen LogP contribution in [0.5, 0.6) is 11.5 Å². The zero-order valence-electron chi connectivity index (χ0n) is 13.9. The number of nitrogens with one attached hydrogen (secondary N) is 1. The van der Waals surface area contributed by atoms with Gasteiger partial charge in [0.15, 0.2) is 11.5 Å². The van der Waals surface area contributed by atoms with E-state index in [1.807, 2.05) is 24.0 Å². The van der Waals surface area contributed by atoms with Crippen molar-refractivity contribution in [2.75, 3.05) is 19.8 Å². The van der Waals surface area contributed by atoms with Gasteiger partial charge in [-0.3, -0.25) is 4.68 Å².